The summed E-state index contributed by atoms with van der Waals surface area (Å²) in [6, 6.07) is 17.9. The Morgan fingerprint density at radius 3 is 2.45 bits per heavy atom. The Balaban J connectivity index is 1.68. The minimum absolute atomic E-state index is 0.0307. The number of hydrogen-bond acceptors (Lipinski definition) is 2. The summed E-state index contributed by atoms with van der Waals surface area (Å²) in [6.45, 7) is 4.61. The van der Waals surface area contributed by atoms with Crippen molar-refractivity contribution >= 4 is 5.91 Å². The van der Waals surface area contributed by atoms with Gasteiger partial charge in [-0.1, -0.05) is 48.0 Å². The predicted molar refractivity (Wildman–Crippen MR) is 88.9 cm³/mol. The van der Waals surface area contributed by atoms with Gasteiger partial charge in [0.05, 0.1) is 12.6 Å². The number of nitrogens with one attached hydrogen (secondary N) is 1. The second-order valence-corrected chi connectivity index (χ2v) is 5.46. The van der Waals surface area contributed by atoms with Crippen molar-refractivity contribution in [3.8, 4) is 5.75 Å². The van der Waals surface area contributed by atoms with Gasteiger partial charge in [-0.2, -0.15) is 0 Å². The maximum absolute atomic E-state index is 11.9. The highest BCUT2D eigenvalue weighted by Crippen LogP contribution is 2.13. The van der Waals surface area contributed by atoms with E-state index >= 15 is 0 Å². The number of benzene rings is 2. The van der Waals surface area contributed by atoms with E-state index in [1.807, 2.05) is 37.3 Å². The van der Waals surface area contributed by atoms with Crippen molar-refractivity contribution in [1.29, 1.82) is 0 Å². The van der Waals surface area contributed by atoms with Crippen LogP contribution in [0, 0.1) is 6.92 Å². The van der Waals surface area contributed by atoms with Crippen LogP contribution in [0.1, 0.15) is 36.9 Å². The molecule has 0 heterocycles. The number of carbonyl (C=O) groups is 1. The first kappa shape index (κ1) is 16.1. The summed E-state index contributed by atoms with van der Waals surface area (Å²) >= 11 is 0. The Bertz CT molecular complexity index is 578. The zero-order valence-electron chi connectivity index (χ0n) is 13.2. The van der Waals surface area contributed by atoms with E-state index < -0.39 is 0 Å². The molecule has 0 bridgehead atoms. The molecule has 0 aliphatic carbocycles. The number of para-hydroxylation sites is 1. The molecule has 1 atom stereocenters. The van der Waals surface area contributed by atoms with Gasteiger partial charge in [-0.15, -0.1) is 0 Å². The van der Waals surface area contributed by atoms with Gasteiger partial charge in [-0.25, -0.2) is 0 Å². The highest BCUT2D eigenvalue weighted by molar-refractivity contribution is 5.76. The summed E-state index contributed by atoms with van der Waals surface area (Å²) in [6.07, 6.45) is 1.18. The Morgan fingerprint density at radius 2 is 1.77 bits per heavy atom. The lowest BCUT2D eigenvalue weighted by atomic mass is 10.1. The maximum atomic E-state index is 11.9. The molecule has 0 aromatic heterocycles. The van der Waals surface area contributed by atoms with Gasteiger partial charge in [0.2, 0.25) is 5.91 Å². The molecule has 0 saturated carbocycles. The summed E-state index contributed by atoms with van der Waals surface area (Å²) in [5.74, 6) is 0.903. The minimum atomic E-state index is 0.0307. The van der Waals surface area contributed by atoms with Crippen LogP contribution in [0.5, 0.6) is 5.75 Å². The number of aryl methyl sites for hydroxylation is 1. The Morgan fingerprint density at radius 1 is 1.09 bits per heavy atom. The van der Waals surface area contributed by atoms with E-state index in [0.29, 0.717) is 19.4 Å². The van der Waals surface area contributed by atoms with Gasteiger partial charge < -0.3 is 10.1 Å². The molecule has 0 radical (unpaired) electrons. The first-order valence-corrected chi connectivity index (χ1v) is 7.69. The van der Waals surface area contributed by atoms with Crippen molar-refractivity contribution < 1.29 is 9.53 Å². The number of ether oxygens (including phenoxy) is 1. The van der Waals surface area contributed by atoms with Gasteiger partial charge in [-0.05, 0) is 38.0 Å². The molecule has 2 rings (SSSR count). The zero-order chi connectivity index (χ0) is 15.8. The normalized spacial score (nSPS) is 11.7. The quantitative estimate of drug-likeness (QED) is 0.784. The lowest BCUT2D eigenvalue weighted by Gasteiger charge is -2.14. The van der Waals surface area contributed by atoms with Crippen LogP contribution in [-0.4, -0.2) is 12.5 Å². The standard InChI is InChI=1S/C19H23NO2/c1-15-10-12-17(13-11-15)16(2)20-19(21)9-6-14-22-18-7-4-3-5-8-18/h3-5,7-8,10-13,16H,6,9,14H2,1-2H3,(H,20,21). The van der Waals surface area contributed by atoms with E-state index in [-0.39, 0.29) is 11.9 Å². The smallest absolute Gasteiger partial charge is 0.220 e. The molecule has 3 heteroatoms. The van der Waals surface area contributed by atoms with Crippen LogP contribution >= 0.6 is 0 Å². The number of amides is 1. The van der Waals surface area contributed by atoms with Crippen molar-refractivity contribution in [2.75, 3.05) is 6.61 Å². The van der Waals surface area contributed by atoms with Crippen LogP contribution in [0.4, 0.5) is 0 Å². The van der Waals surface area contributed by atoms with Crippen LogP contribution < -0.4 is 10.1 Å². The van der Waals surface area contributed by atoms with E-state index in [2.05, 4.69) is 36.5 Å². The van der Waals surface area contributed by atoms with Crippen LogP contribution in [-0.2, 0) is 4.79 Å². The van der Waals surface area contributed by atoms with Gasteiger partial charge in [-0.3, -0.25) is 4.79 Å². The Hall–Kier alpha value is -2.29. The summed E-state index contributed by atoms with van der Waals surface area (Å²) in [5, 5.41) is 3.02. The fourth-order valence-corrected chi connectivity index (χ4v) is 2.19. The fourth-order valence-electron chi connectivity index (χ4n) is 2.19. The van der Waals surface area contributed by atoms with E-state index in [0.717, 1.165) is 11.3 Å². The molecule has 1 N–H and O–H groups in total. The van der Waals surface area contributed by atoms with Gasteiger partial charge in [0.15, 0.2) is 0 Å². The Labute approximate surface area is 132 Å². The molecule has 22 heavy (non-hydrogen) atoms. The van der Waals surface area contributed by atoms with Crippen LogP contribution in [0.15, 0.2) is 54.6 Å². The van der Waals surface area contributed by atoms with Gasteiger partial charge in [0.1, 0.15) is 5.75 Å². The topological polar surface area (TPSA) is 38.3 Å². The average molecular weight is 297 g/mol. The minimum Gasteiger partial charge on any atom is -0.494 e. The first-order chi connectivity index (χ1) is 10.6. The van der Waals surface area contributed by atoms with Crippen molar-refractivity contribution in [2.24, 2.45) is 0 Å². The van der Waals surface area contributed by atoms with Crippen LogP contribution in [0.25, 0.3) is 0 Å². The Kier molecular flexibility index (Phi) is 6.01. The molecule has 0 saturated heterocycles. The maximum Gasteiger partial charge on any atom is 0.220 e. The summed E-state index contributed by atoms with van der Waals surface area (Å²) in [7, 11) is 0. The number of rotatable bonds is 7. The monoisotopic (exact) mass is 297 g/mol. The molecule has 2 aromatic carbocycles. The average Bonchev–Trinajstić information content (AvgIpc) is 2.53. The molecule has 0 aliphatic rings. The summed E-state index contributed by atoms with van der Waals surface area (Å²) in [5.41, 5.74) is 2.35. The number of carbonyl (C=O) groups excluding carboxylic acids is 1. The lowest BCUT2D eigenvalue weighted by Crippen LogP contribution is -2.26. The van der Waals surface area contributed by atoms with Crippen LogP contribution in [0.2, 0.25) is 0 Å². The van der Waals surface area contributed by atoms with Crippen molar-refractivity contribution in [2.45, 2.75) is 32.7 Å². The number of hydrogen-bond donors (Lipinski definition) is 1. The summed E-state index contributed by atoms with van der Waals surface area (Å²) in [4.78, 5) is 11.9. The summed E-state index contributed by atoms with van der Waals surface area (Å²) < 4.78 is 5.58. The lowest BCUT2D eigenvalue weighted by molar-refractivity contribution is -0.121. The molecule has 0 spiro atoms. The van der Waals surface area contributed by atoms with Gasteiger partial charge >= 0.3 is 0 Å². The molecule has 0 aliphatic heterocycles. The SMILES string of the molecule is Cc1ccc(C(C)NC(=O)CCCOc2ccccc2)cc1. The second kappa shape index (κ2) is 8.23. The van der Waals surface area contributed by atoms with E-state index in [4.69, 9.17) is 4.74 Å². The van der Waals surface area contributed by atoms with Crippen molar-refractivity contribution in [3.63, 3.8) is 0 Å². The van der Waals surface area contributed by atoms with Crippen molar-refractivity contribution in [3.05, 3.63) is 65.7 Å². The molecule has 116 valence electrons. The third-order valence-electron chi connectivity index (χ3n) is 3.51. The van der Waals surface area contributed by atoms with Crippen molar-refractivity contribution in [1.82, 2.24) is 5.32 Å². The zero-order valence-corrected chi connectivity index (χ0v) is 13.2. The molecular weight excluding hydrogens is 274 g/mol. The molecule has 1 amide bonds. The van der Waals surface area contributed by atoms with E-state index in [1.54, 1.807) is 0 Å². The molecule has 2 aromatic rings. The fraction of sp³-hybridized carbons (Fsp3) is 0.316. The van der Waals surface area contributed by atoms with Gasteiger partial charge in [0, 0.05) is 6.42 Å². The molecule has 3 nitrogen and oxygen atoms in total. The van der Waals surface area contributed by atoms with Gasteiger partial charge in [0.25, 0.3) is 0 Å². The molecule has 1 unspecified atom stereocenters. The van der Waals surface area contributed by atoms with Crippen LogP contribution in [0.3, 0.4) is 0 Å². The molecular formula is C19H23NO2. The third-order valence-corrected chi connectivity index (χ3v) is 3.51. The third kappa shape index (κ3) is 5.24. The van der Waals surface area contributed by atoms with E-state index in [1.165, 1.54) is 5.56 Å². The van der Waals surface area contributed by atoms with E-state index in [9.17, 15) is 4.79 Å². The molecule has 0 fully saturated rings. The highest BCUT2D eigenvalue weighted by atomic mass is 16.5. The largest absolute Gasteiger partial charge is 0.494 e. The highest BCUT2D eigenvalue weighted by Gasteiger charge is 2.09. The second-order valence-electron chi connectivity index (χ2n) is 5.46. The first-order valence-electron chi connectivity index (χ1n) is 7.69. The predicted octanol–water partition coefficient (Wildman–Crippen LogP) is 4.03.